The molecule has 302 valence electrons. The van der Waals surface area contributed by atoms with Gasteiger partial charge in [-0.15, -0.1) is 0 Å². The van der Waals surface area contributed by atoms with Crippen molar-refractivity contribution in [3.05, 3.63) is 214 Å². The summed E-state index contributed by atoms with van der Waals surface area (Å²) in [7, 11) is 0. The van der Waals surface area contributed by atoms with Gasteiger partial charge in [0, 0.05) is 34.1 Å². The third-order valence-corrected chi connectivity index (χ3v) is 11.4. The highest BCUT2D eigenvalue weighted by atomic mass is 15.1. The lowest BCUT2D eigenvalue weighted by Crippen LogP contribution is -2.10. The van der Waals surface area contributed by atoms with E-state index in [2.05, 4.69) is 259 Å². The second-order valence-corrected chi connectivity index (χ2v) is 17.2. The standard InChI is InChI=1S/C58H60N2/c1-41(2)49-21-33-55(34-22-49)59(56-35-23-50(24-36-56)42(3)4)53-29-17-47(18-30-53)15-13-45-9-11-46(12-10-45)14-16-48-19-31-54(32-20-48)60(57-37-25-51(26-38-57)43(5)6)58-39-27-52(28-40-58)44(7)8/h9-44H,1-8H3/b15-13+,16-14+. The van der Waals surface area contributed by atoms with Crippen molar-refractivity contribution in [2.24, 2.45) is 0 Å². The fourth-order valence-corrected chi connectivity index (χ4v) is 7.50. The Morgan fingerprint density at radius 1 is 0.233 bits per heavy atom. The molecule has 0 radical (unpaired) electrons. The average molecular weight is 785 g/mol. The molecule has 0 saturated heterocycles. The molecule has 0 aliphatic heterocycles. The van der Waals surface area contributed by atoms with Gasteiger partial charge in [-0.1, -0.05) is 177 Å². The average Bonchev–Trinajstić information content (AvgIpc) is 3.27. The van der Waals surface area contributed by atoms with Crippen LogP contribution < -0.4 is 9.80 Å². The third-order valence-electron chi connectivity index (χ3n) is 11.4. The summed E-state index contributed by atoms with van der Waals surface area (Å²) in [6.07, 6.45) is 8.76. The van der Waals surface area contributed by atoms with Crippen LogP contribution in [0.2, 0.25) is 0 Å². The molecule has 0 aliphatic rings. The van der Waals surface area contributed by atoms with Crippen molar-refractivity contribution in [2.75, 3.05) is 9.80 Å². The van der Waals surface area contributed by atoms with Crippen LogP contribution >= 0.6 is 0 Å². The minimum absolute atomic E-state index is 0.496. The number of hydrogen-bond acceptors (Lipinski definition) is 2. The van der Waals surface area contributed by atoms with E-state index in [0.29, 0.717) is 23.7 Å². The summed E-state index contributed by atoms with van der Waals surface area (Å²) >= 11 is 0. The van der Waals surface area contributed by atoms with Crippen LogP contribution in [0, 0.1) is 0 Å². The lowest BCUT2D eigenvalue weighted by atomic mass is 10.0. The van der Waals surface area contributed by atoms with Crippen molar-refractivity contribution in [3.8, 4) is 0 Å². The number of anilines is 6. The van der Waals surface area contributed by atoms with Crippen molar-refractivity contribution >= 4 is 58.4 Å². The summed E-state index contributed by atoms with van der Waals surface area (Å²) in [5.41, 5.74) is 16.9. The quantitative estimate of drug-likeness (QED) is 0.101. The van der Waals surface area contributed by atoms with Crippen molar-refractivity contribution in [1.82, 2.24) is 0 Å². The molecule has 0 bridgehead atoms. The van der Waals surface area contributed by atoms with Gasteiger partial charge in [-0.2, -0.15) is 0 Å². The summed E-state index contributed by atoms with van der Waals surface area (Å²) in [6.45, 7) is 17.9. The zero-order valence-corrected chi connectivity index (χ0v) is 36.7. The molecule has 0 N–H and O–H groups in total. The van der Waals surface area contributed by atoms with Crippen LogP contribution in [0.5, 0.6) is 0 Å². The zero-order valence-electron chi connectivity index (χ0n) is 36.7. The molecule has 2 nitrogen and oxygen atoms in total. The second kappa shape index (κ2) is 19.1. The molecule has 7 aromatic carbocycles. The van der Waals surface area contributed by atoms with Crippen molar-refractivity contribution in [3.63, 3.8) is 0 Å². The van der Waals surface area contributed by atoms with Gasteiger partial charge in [0.1, 0.15) is 0 Å². The maximum absolute atomic E-state index is 2.34. The van der Waals surface area contributed by atoms with Gasteiger partial charge in [-0.05, 0) is 141 Å². The van der Waals surface area contributed by atoms with Gasteiger partial charge in [-0.25, -0.2) is 0 Å². The fourth-order valence-electron chi connectivity index (χ4n) is 7.50. The molecule has 0 heterocycles. The molecule has 60 heavy (non-hydrogen) atoms. The first kappa shape index (κ1) is 41.8. The summed E-state index contributed by atoms with van der Waals surface area (Å²) < 4.78 is 0. The van der Waals surface area contributed by atoms with E-state index in [1.807, 2.05) is 0 Å². The monoisotopic (exact) mass is 784 g/mol. The van der Waals surface area contributed by atoms with E-state index in [4.69, 9.17) is 0 Å². The van der Waals surface area contributed by atoms with Crippen molar-refractivity contribution in [1.29, 1.82) is 0 Å². The molecule has 0 fully saturated rings. The Labute approximate surface area is 360 Å². The fraction of sp³-hybridized carbons (Fsp3) is 0.207. The molecule has 0 unspecified atom stereocenters. The molecule has 0 spiro atoms. The molecule has 2 heteroatoms. The Morgan fingerprint density at radius 2 is 0.383 bits per heavy atom. The first-order valence-electron chi connectivity index (χ1n) is 21.7. The normalized spacial score (nSPS) is 11.8. The second-order valence-electron chi connectivity index (χ2n) is 17.2. The predicted molar refractivity (Wildman–Crippen MR) is 263 cm³/mol. The van der Waals surface area contributed by atoms with Crippen LogP contribution in [0.4, 0.5) is 34.1 Å². The molecule has 7 rings (SSSR count). The number of nitrogens with zero attached hydrogens (tertiary/aromatic N) is 2. The minimum atomic E-state index is 0.496. The summed E-state index contributed by atoms with van der Waals surface area (Å²) in [6, 6.07) is 62.4. The summed E-state index contributed by atoms with van der Waals surface area (Å²) in [4.78, 5) is 4.69. The van der Waals surface area contributed by atoms with Gasteiger partial charge >= 0.3 is 0 Å². The van der Waals surface area contributed by atoms with E-state index >= 15 is 0 Å². The predicted octanol–water partition coefficient (Wildman–Crippen LogP) is 17.5. The Bertz CT molecular complexity index is 2180. The lowest BCUT2D eigenvalue weighted by molar-refractivity contribution is 0.866. The largest absolute Gasteiger partial charge is 0.311 e. The van der Waals surface area contributed by atoms with Gasteiger partial charge < -0.3 is 9.80 Å². The van der Waals surface area contributed by atoms with Crippen LogP contribution in [0.1, 0.15) is 124 Å². The molecule has 7 aromatic rings. The van der Waals surface area contributed by atoms with Gasteiger partial charge in [0.2, 0.25) is 0 Å². The molecule has 0 amide bonds. The maximum Gasteiger partial charge on any atom is 0.0462 e. The lowest BCUT2D eigenvalue weighted by Gasteiger charge is -2.26. The van der Waals surface area contributed by atoms with E-state index in [0.717, 1.165) is 45.3 Å². The first-order chi connectivity index (χ1) is 29.0. The first-order valence-corrected chi connectivity index (χ1v) is 21.7. The van der Waals surface area contributed by atoms with Gasteiger partial charge in [0.05, 0.1) is 0 Å². The van der Waals surface area contributed by atoms with E-state index in [1.54, 1.807) is 0 Å². The Morgan fingerprint density at radius 3 is 0.550 bits per heavy atom. The molecular weight excluding hydrogens is 725 g/mol. The van der Waals surface area contributed by atoms with Crippen molar-refractivity contribution in [2.45, 2.75) is 79.1 Å². The van der Waals surface area contributed by atoms with Gasteiger partial charge in [0.25, 0.3) is 0 Å². The maximum atomic E-state index is 2.34. The topological polar surface area (TPSA) is 6.48 Å². The van der Waals surface area contributed by atoms with Gasteiger partial charge in [-0.3, -0.25) is 0 Å². The Hall–Kier alpha value is -6.38. The van der Waals surface area contributed by atoms with Crippen LogP contribution in [0.25, 0.3) is 24.3 Å². The number of rotatable bonds is 14. The summed E-state index contributed by atoms with van der Waals surface area (Å²) in [5.74, 6) is 1.98. The number of benzene rings is 7. The SMILES string of the molecule is CC(C)c1ccc(N(c2ccc(/C=C/c3ccc(/C=C/c4ccc(N(c5ccc(C(C)C)cc5)c5ccc(C(C)C)cc5)cc4)cc3)cc2)c2ccc(C(C)C)cc2)cc1. The van der Waals surface area contributed by atoms with E-state index < -0.39 is 0 Å². The van der Waals surface area contributed by atoms with Crippen LogP contribution in [-0.4, -0.2) is 0 Å². The van der Waals surface area contributed by atoms with Gasteiger partial charge in [0.15, 0.2) is 0 Å². The molecular formula is C58H60N2. The van der Waals surface area contributed by atoms with Crippen LogP contribution in [0.15, 0.2) is 170 Å². The van der Waals surface area contributed by atoms with E-state index in [-0.39, 0.29) is 0 Å². The van der Waals surface area contributed by atoms with Crippen LogP contribution in [0.3, 0.4) is 0 Å². The van der Waals surface area contributed by atoms with E-state index in [9.17, 15) is 0 Å². The summed E-state index contributed by atoms with van der Waals surface area (Å²) in [5, 5.41) is 0. The molecule has 0 saturated carbocycles. The van der Waals surface area contributed by atoms with Crippen LogP contribution in [-0.2, 0) is 0 Å². The Kier molecular flexibility index (Phi) is 13.3. The number of hydrogen-bond donors (Lipinski definition) is 0. The van der Waals surface area contributed by atoms with E-state index in [1.165, 1.54) is 33.4 Å². The highest BCUT2D eigenvalue weighted by Gasteiger charge is 2.15. The molecule has 0 aliphatic carbocycles. The minimum Gasteiger partial charge on any atom is -0.311 e. The van der Waals surface area contributed by atoms with Crippen molar-refractivity contribution < 1.29 is 0 Å². The smallest absolute Gasteiger partial charge is 0.0462 e. The highest BCUT2D eigenvalue weighted by molar-refractivity contribution is 5.80. The third kappa shape index (κ3) is 10.2. The molecule has 0 aromatic heterocycles. The molecule has 0 atom stereocenters. The Balaban J connectivity index is 1.03. The zero-order chi connectivity index (χ0) is 42.2. The highest BCUT2D eigenvalue weighted by Crippen LogP contribution is 2.38.